The summed E-state index contributed by atoms with van der Waals surface area (Å²) >= 11 is 0. The van der Waals surface area contributed by atoms with E-state index in [0.29, 0.717) is 25.3 Å². The van der Waals surface area contributed by atoms with Gasteiger partial charge in [-0.15, -0.1) is 0 Å². The normalized spacial score (nSPS) is 16.8. The first-order chi connectivity index (χ1) is 12.4. The van der Waals surface area contributed by atoms with Crippen LogP contribution in [0, 0.1) is 5.82 Å². The maximum Gasteiger partial charge on any atom is 0.387 e. The molecule has 1 N–H and O–H groups in total. The zero-order valence-corrected chi connectivity index (χ0v) is 14.1. The third-order valence-corrected chi connectivity index (χ3v) is 4.26. The van der Waals surface area contributed by atoms with Crippen molar-refractivity contribution in [2.45, 2.75) is 32.5 Å². The number of anilines is 1. The molecule has 1 unspecified atom stereocenters. The van der Waals surface area contributed by atoms with E-state index in [4.69, 9.17) is 0 Å². The van der Waals surface area contributed by atoms with Crippen LogP contribution in [0.3, 0.4) is 0 Å². The highest BCUT2D eigenvalue weighted by Gasteiger charge is 2.24. The smallest absolute Gasteiger partial charge is 0.387 e. The van der Waals surface area contributed by atoms with Gasteiger partial charge in [0.15, 0.2) is 0 Å². The molecular formula is C18H18F3N3O2. The number of nitrogens with one attached hydrogen (secondary N) is 1. The molecular weight excluding hydrogens is 347 g/mol. The topological polar surface area (TPSA) is 54.5 Å². The van der Waals surface area contributed by atoms with E-state index < -0.39 is 6.61 Å². The average molecular weight is 365 g/mol. The maximum absolute atomic E-state index is 13.6. The van der Waals surface area contributed by atoms with Crippen molar-refractivity contribution >= 4 is 11.7 Å². The van der Waals surface area contributed by atoms with Gasteiger partial charge in [-0.1, -0.05) is 6.07 Å². The van der Waals surface area contributed by atoms with Gasteiger partial charge in [0.25, 0.3) is 0 Å². The summed E-state index contributed by atoms with van der Waals surface area (Å²) in [5, 5.41) is 3.22. The van der Waals surface area contributed by atoms with E-state index in [2.05, 4.69) is 15.0 Å². The quantitative estimate of drug-likeness (QED) is 0.897. The summed E-state index contributed by atoms with van der Waals surface area (Å²) in [6.45, 7) is -0.571. The van der Waals surface area contributed by atoms with Gasteiger partial charge in [0.05, 0.1) is 12.2 Å². The lowest BCUT2D eigenvalue weighted by Crippen LogP contribution is -2.28. The Morgan fingerprint density at radius 3 is 2.81 bits per heavy atom. The third-order valence-electron chi connectivity index (χ3n) is 4.26. The second-order valence-electron chi connectivity index (χ2n) is 6.03. The first kappa shape index (κ1) is 18.0. The molecule has 1 aromatic heterocycles. The van der Waals surface area contributed by atoms with Crippen LogP contribution in [0.4, 0.5) is 19.0 Å². The summed E-state index contributed by atoms with van der Waals surface area (Å²) in [4.78, 5) is 17.5. The number of pyridine rings is 1. The number of hydrogen-bond donors (Lipinski definition) is 1. The van der Waals surface area contributed by atoms with Crippen molar-refractivity contribution in [1.29, 1.82) is 0 Å². The SMILES string of the molecule is CC(=O)N1CCC(Nc2ccc(OC(F)F)cn2)c2ccc(F)cc2C1. The molecule has 1 aliphatic heterocycles. The number of halogens is 3. The number of alkyl halides is 2. The Kier molecular flexibility index (Phi) is 5.29. The maximum atomic E-state index is 13.6. The number of benzene rings is 1. The van der Waals surface area contributed by atoms with E-state index >= 15 is 0 Å². The molecule has 0 saturated carbocycles. The van der Waals surface area contributed by atoms with Gasteiger partial charge in [-0.3, -0.25) is 4.79 Å². The number of carbonyl (C=O) groups is 1. The zero-order chi connectivity index (χ0) is 18.7. The molecule has 0 radical (unpaired) electrons. The van der Waals surface area contributed by atoms with Crippen LogP contribution in [0.2, 0.25) is 0 Å². The molecule has 0 bridgehead atoms. The van der Waals surface area contributed by atoms with Gasteiger partial charge >= 0.3 is 6.61 Å². The van der Waals surface area contributed by atoms with Crippen molar-refractivity contribution in [3.8, 4) is 5.75 Å². The van der Waals surface area contributed by atoms with Gasteiger partial charge < -0.3 is 15.0 Å². The van der Waals surface area contributed by atoms with Crippen molar-refractivity contribution in [2.75, 3.05) is 11.9 Å². The van der Waals surface area contributed by atoms with Crippen LogP contribution in [0.25, 0.3) is 0 Å². The molecule has 1 aromatic carbocycles. The van der Waals surface area contributed by atoms with Gasteiger partial charge in [-0.05, 0) is 41.8 Å². The number of ether oxygens (including phenoxy) is 1. The lowest BCUT2D eigenvalue weighted by atomic mass is 9.99. The Labute approximate surface area is 148 Å². The van der Waals surface area contributed by atoms with Crippen LogP contribution in [0.5, 0.6) is 5.75 Å². The molecule has 1 aliphatic rings. The number of nitrogens with zero attached hydrogens (tertiary/aromatic N) is 2. The lowest BCUT2D eigenvalue weighted by molar-refractivity contribution is -0.129. The first-order valence-electron chi connectivity index (χ1n) is 8.13. The number of carbonyl (C=O) groups excluding carboxylic acids is 1. The second-order valence-corrected chi connectivity index (χ2v) is 6.03. The van der Waals surface area contributed by atoms with Crippen molar-refractivity contribution in [3.05, 3.63) is 53.5 Å². The fourth-order valence-electron chi connectivity index (χ4n) is 3.01. The lowest BCUT2D eigenvalue weighted by Gasteiger charge is -2.20. The highest BCUT2D eigenvalue weighted by Crippen LogP contribution is 2.30. The van der Waals surface area contributed by atoms with E-state index in [9.17, 15) is 18.0 Å². The molecule has 2 heterocycles. The molecule has 0 aliphatic carbocycles. The van der Waals surface area contributed by atoms with E-state index in [0.717, 1.165) is 11.1 Å². The van der Waals surface area contributed by atoms with Gasteiger partial charge in [0.1, 0.15) is 17.4 Å². The number of fused-ring (bicyclic) bond motifs is 1. The Hall–Kier alpha value is -2.77. The summed E-state index contributed by atoms with van der Waals surface area (Å²) in [7, 11) is 0. The molecule has 1 amide bonds. The van der Waals surface area contributed by atoms with Gasteiger partial charge in [0, 0.05) is 20.0 Å². The van der Waals surface area contributed by atoms with Crippen LogP contribution >= 0.6 is 0 Å². The van der Waals surface area contributed by atoms with Crippen LogP contribution in [-0.2, 0) is 11.3 Å². The number of rotatable bonds is 4. The highest BCUT2D eigenvalue weighted by atomic mass is 19.3. The van der Waals surface area contributed by atoms with E-state index in [1.54, 1.807) is 11.0 Å². The molecule has 5 nitrogen and oxygen atoms in total. The van der Waals surface area contributed by atoms with Crippen LogP contribution in [0.15, 0.2) is 36.5 Å². The third kappa shape index (κ3) is 4.25. The molecule has 26 heavy (non-hydrogen) atoms. The minimum Gasteiger partial charge on any atom is -0.433 e. The molecule has 138 valence electrons. The molecule has 0 fully saturated rings. The standard InChI is InChI=1S/C18H18F3N3O2/c1-11(25)24-7-6-16(15-4-2-13(19)8-12(15)10-24)23-17-5-3-14(9-22-17)26-18(20)21/h2-5,8-9,16,18H,6-7,10H2,1H3,(H,22,23). The molecule has 3 rings (SSSR count). The largest absolute Gasteiger partial charge is 0.433 e. The summed E-state index contributed by atoms with van der Waals surface area (Å²) in [6, 6.07) is 7.24. The predicted octanol–water partition coefficient (Wildman–Crippen LogP) is 3.73. The molecule has 2 aromatic rings. The highest BCUT2D eigenvalue weighted by molar-refractivity contribution is 5.73. The van der Waals surface area contributed by atoms with Gasteiger partial charge in [-0.2, -0.15) is 8.78 Å². The van der Waals surface area contributed by atoms with E-state index in [1.165, 1.54) is 37.4 Å². The average Bonchev–Trinajstić information content (AvgIpc) is 2.75. The fourth-order valence-corrected chi connectivity index (χ4v) is 3.01. The summed E-state index contributed by atoms with van der Waals surface area (Å²) in [5.41, 5.74) is 1.61. The second kappa shape index (κ2) is 7.63. The Bertz CT molecular complexity index is 784. The van der Waals surface area contributed by atoms with Crippen molar-refractivity contribution < 1.29 is 22.7 Å². The monoisotopic (exact) mass is 365 g/mol. The van der Waals surface area contributed by atoms with Crippen molar-refractivity contribution in [3.63, 3.8) is 0 Å². The predicted molar refractivity (Wildman–Crippen MR) is 89.3 cm³/mol. The van der Waals surface area contributed by atoms with Crippen LogP contribution in [0.1, 0.15) is 30.5 Å². The summed E-state index contributed by atoms with van der Waals surface area (Å²) < 4.78 is 42.3. The molecule has 0 spiro atoms. The summed E-state index contributed by atoms with van der Waals surface area (Å²) in [5.74, 6) is 0.00632. The first-order valence-corrected chi connectivity index (χ1v) is 8.13. The van der Waals surface area contributed by atoms with E-state index in [1.807, 2.05) is 0 Å². The minimum absolute atomic E-state index is 0.0309. The zero-order valence-electron chi connectivity index (χ0n) is 14.1. The number of amides is 1. The number of aromatic nitrogens is 1. The van der Waals surface area contributed by atoms with Crippen LogP contribution in [-0.4, -0.2) is 28.9 Å². The minimum atomic E-state index is -2.91. The fraction of sp³-hybridized carbons (Fsp3) is 0.333. The summed E-state index contributed by atoms with van der Waals surface area (Å²) in [6.07, 6.45) is 1.81. The number of hydrogen-bond acceptors (Lipinski definition) is 4. The van der Waals surface area contributed by atoms with E-state index in [-0.39, 0.29) is 23.5 Å². The Morgan fingerprint density at radius 2 is 2.15 bits per heavy atom. The Balaban J connectivity index is 1.82. The van der Waals surface area contributed by atoms with Gasteiger partial charge in [0.2, 0.25) is 5.91 Å². The van der Waals surface area contributed by atoms with Crippen molar-refractivity contribution in [2.24, 2.45) is 0 Å². The Morgan fingerprint density at radius 1 is 1.35 bits per heavy atom. The van der Waals surface area contributed by atoms with Crippen molar-refractivity contribution in [1.82, 2.24) is 9.88 Å². The molecule has 0 saturated heterocycles. The van der Waals surface area contributed by atoms with Crippen LogP contribution < -0.4 is 10.1 Å². The molecule has 1 atom stereocenters. The molecule has 8 heteroatoms. The van der Waals surface area contributed by atoms with Gasteiger partial charge in [-0.25, -0.2) is 9.37 Å².